The molecule has 210 valence electrons. The first-order valence-corrected chi connectivity index (χ1v) is 13.2. The number of pyridine rings is 1. The fourth-order valence-electron chi connectivity index (χ4n) is 5.60. The number of fused-ring (bicyclic) bond motifs is 2. The number of benzene rings is 2. The second-order valence-corrected chi connectivity index (χ2v) is 10.0. The number of halogens is 3. The van der Waals surface area contributed by atoms with E-state index in [-0.39, 0.29) is 18.0 Å². The molecule has 0 N–H and O–H groups in total. The van der Waals surface area contributed by atoms with Gasteiger partial charge in [0.05, 0.1) is 30.7 Å². The molecule has 0 aliphatic carbocycles. The van der Waals surface area contributed by atoms with E-state index in [1.54, 1.807) is 55.9 Å². The highest BCUT2D eigenvalue weighted by molar-refractivity contribution is 6.13. The van der Waals surface area contributed by atoms with Crippen LogP contribution in [-0.4, -0.2) is 43.4 Å². The molecule has 1 unspecified atom stereocenters. The Hall–Kier alpha value is -4.67. The highest BCUT2D eigenvalue weighted by atomic mass is 19.4. The van der Waals surface area contributed by atoms with Crippen molar-refractivity contribution < 1.29 is 22.7 Å². The van der Waals surface area contributed by atoms with Gasteiger partial charge in [-0.05, 0) is 61.7 Å². The summed E-state index contributed by atoms with van der Waals surface area (Å²) in [6.07, 6.45) is 2.20. The van der Waals surface area contributed by atoms with Crippen LogP contribution in [0.3, 0.4) is 0 Å². The van der Waals surface area contributed by atoms with Crippen LogP contribution in [-0.2, 0) is 25.7 Å². The van der Waals surface area contributed by atoms with Gasteiger partial charge >= 0.3 is 6.18 Å². The van der Waals surface area contributed by atoms with Gasteiger partial charge in [-0.15, -0.1) is 0 Å². The quantitative estimate of drug-likeness (QED) is 0.258. The Labute approximate surface area is 234 Å². The van der Waals surface area contributed by atoms with Crippen molar-refractivity contribution in [2.45, 2.75) is 45.6 Å². The topological polar surface area (TPSA) is 78.1 Å². The molecule has 2 aromatic carbocycles. The van der Waals surface area contributed by atoms with Gasteiger partial charge in [0.25, 0.3) is 5.91 Å². The Morgan fingerprint density at radius 2 is 1.90 bits per heavy atom. The van der Waals surface area contributed by atoms with Crippen molar-refractivity contribution in [2.24, 2.45) is 0 Å². The zero-order valence-corrected chi connectivity index (χ0v) is 22.7. The summed E-state index contributed by atoms with van der Waals surface area (Å²) in [5, 5.41) is 4.55. The molecule has 1 atom stereocenters. The van der Waals surface area contributed by atoms with Gasteiger partial charge in [0.2, 0.25) is 0 Å². The van der Waals surface area contributed by atoms with Gasteiger partial charge in [0.15, 0.2) is 5.69 Å². The zero-order chi connectivity index (χ0) is 28.9. The highest BCUT2D eigenvalue weighted by Gasteiger charge is 2.40. The fourth-order valence-corrected chi connectivity index (χ4v) is 5.60. The van der Waals surface area contributed by atoms with E-state index in [0.717, 1.165) is 11.1 Å². The van der Waals surface area contributed by atoms with Gasteiger partial charge < -0.3 is 14.2 Å². The van der Waals surface area contributed by atoms with Gasteiger partial charge in [0, 0.05) is 53.9 Å². The van der Waals surface area contributed by atoms with Gasteiger partial charge in [0.1, 0.15) is 5.75 Å². The predicted molar refractivity (Wildman–Crippen MR) is 148 cm³/mol. The number of imidazole rings is 1. The molecule has 3 aromatic heterocycles. The molecule has 0 radical (unpaired) electrons. The smallest absolute Gasteiger partial charge is 0.435 e. The van der Waals surface area contributed by atoms with Crippen LogP contribution in [0.2, 0.25) is 0 Å². The standard InChI is InChI=1S/C30H27F3N6O2/c1-4-38-16-25(28(36-38)30(31,32)33)21-6-5-7-22-23(21)13-19(15-37-11-10-34-17-37)39(29(22)40)27-12-18(2)35-26-9-8-20(41-3)14-24(26)27/h5-12,14,16-17,19H,4,13,15H2,1-3H3. The first-order valence-electron chi connectivity index (χ1n) is 13.2. The van der Waals surface area contributed by atoms with Crippen LogP contribution in [0, 0.1) is 6.92 Å². The van der Waals surface area contributed by atoms with E-state index >= 15 is 0 Å². The normalized spacial score (nSPS) is 15.4. The maximum atomic E-state index is 14.4. The Morgan fingerprint density at radius 1 is 1.10 bits per heavy atom. The maximum Gasteiger partial charge on any atom is 0.435 e. The minimum atomic E-state index is -4.65. The molecular weight excluding hydrogens is 533 g/mol. The van der Waals surface area contributed by atoms with E-state index in [1.165, 1.54) is 10.9 Å². The number of anilines is 1. The number of carbonyl (C=O) groups is 1. The molecule has 0 spiro atoms. The van der Waals surface area contributed by atoms with Crippen molar-refractivity contribution in [3.8, 4) is 16.9 Å². The Bertz CT molecular complexity index is 1760. The Morgan fingerprint density at radius 3 is 2.61 bits per heavy atom. The molecule has 5 aromatic rings. The van der Waals surface area contributed by atoms with Crippen LogP contribution in [0.5, 0.6) is 5.75 Å². The van der Waals surface area contributed by atoms with Gasteiger partial charge in [-0.25, -0.2) is 4.98 Å². The second-order valence-electron chi connectivity index (χ2n) is 10.0. The van der Waals surface area contributed by atoms with E-state index in [9.17, 15) is 18.0 Å². The first kappa shape index (κ1) is 26.5. The minimum absolute atomic E-state index is 0.0335. The molecule has 4 heterocycles. The molecule has 1 amide bonds. The van der Waals surface area contributed by atoms with E-state index in [1.807, 2.05) is 35.8 Å². The third-order valence-electron chi connectivity index (χ3n) is 7.44. The van der Waals surface area contributed by atoms with E-state index in [0.29, 0.717) is 46.6 Å². The number of rotatable bonds is 6. The number of ether oxygens (including phenoxy) is 1. The van der Waals surface area contributed by atoms with Crippen molar-refractivity contribution in [1.29, 1.82) is 0 Å². The number of hydrogen-bond donors (Lipinski definition) is 0. The van der Waals surface area contributed by atoms with Crippen LogP contribution in [0.4, 0.5) is 18.9 Å². The number of carbonyl (C=O) groups excluding carboxylic acids is 1. The summed E-state index contributed by atoms with van der Waals surface area (Å²) in [5.41, 5.74) is 2.37. The molecule has 8 nitrogen and oxygen atoms in total. The fraction of sp³-hybridized carbons (Fsp3) is 0.267. The van der Waals surface area contributed by atoms with Gasteiger partial charge in [-0.3, -0.25) is 14.5 Å². The summed E-state index contributed by atoms with van der Waals surface area (Å²) in [7, 11) is 1.57. The lowest BCUT2D eigenvalue weighted by Gasteiger charge is -2.38. The van der Waals surface area contributed by atoms with Gasteiger partial charge in [-0.1, -0.05) is 12.1 Å². The SMILES string of the molecule is CCn1cc(-c2cccc3c2CC(Cn2ccnc2)N(c2cc(C)nc4ccc(OC)cc24)C3=O)c(C(F)(F)F)n1. The zero-order valence-electron chi connectivity index (χ0n) is 22.7. The average molecular weight is 561 g/mol. The number of hydrogen-bond acceptors (Lipinski definition) is 5. The second kappa shape index (κ2) is 10.1. The lowest BCUT2D eigenvalue weighted by molar-refractivity contribution is -0.141. The van der Waals surface area contributed by atoms with Crippen molar-refractivity contribution in [2.75, 3.05) is 12.0 Å². The number of aryl methyl sites for hydroxylation is 2. The number of aromatic nitrogens is 5. The third-order valence-corrected chi connectivity index (χ3v) is 7.44. The van der Waals surface area contributed by atoms with E-state index < -0.39 is 17.9 Å². The summed E-state index contributed by atoms with van der Waals surface area (Å²) in [4.78, 5) is 24.9. The molecule has 1 aliphatic rings. The van der Waals surface area contributed by atoms with Crippen LogP contribution >= 0.6 is 0 Å². The van der Waals surface area contributed by atoms with Crippen molar-refractivity contribution in [3.63, 3.8) is 0 Å². The summed E-state index contributed by atoms with van der Waals surface area (Å²) >= 11 is 0. The van der Waals surface area contributed by atoms with Crippen LogP contribution in [0.1, 0.15) is 34.2 Å². The summed E-state index contributed by atoms with van der Waals surface area (Å²) in [6.45, 7) is 4.26. The number of nitrogens with zero attached hydrogens (tertiary/aromatic N) is 6. The molecule has 11 heteroatoms. The lowest BCUT2D eigenvalue weighted by Crippen LogP contribution is -2.48. The monoisotopic (exact) mass is 560 g/mol. The largest absolute Gasteiger partial charge is 0.497 e. The number of alkyl halides is 3. The number of amides is 1. The third kappa shape index (κ3) is 4.71. The highest BCUT2D eigenvalue weighted by Crippen LogP contribution is 2.42. The molecular formula is C30H27F3N6O2. The minimum Gasteiger partial charge on any atom is -0.497 e. The van der Waals surface area contributed by atoms with Crippen LogP contribution in [0.25, 0.3) is 22.0 Å². The summed E-state index contributed by atoms with van der Waals surface area (Å²) in [6, 6.07) is 11.9. The van der Waals surface area contributed by atoms with Crippen LogP contribution in [0.15, 0.2) is 67.4 Å². The van der Waals surface area contributed by atoms with Gasteiger partial charge in [-0.2, -0.15) is 18.3 Å². The summed E-state index contributed by atoms with van der Waals surface area (Å²) < 4.78 is 50.8. The number of methoxy groups -OCH3 is 1. The molecule has 41 heavy (non-hydrogen) atoms. The van der Waals surface area contributed by atoms with Crippen molar-refractivity contribution in [3.05, 3.63) is 89.9 Å². The van der Waals surface area contributed by atoms with E-state index in [2.05, 4.69) is 15.1 Å². The summed E-state index contributed by atoms with van der Waals surface area (Å²) in [5.74, 6) is 0.319. The Balaban J connectivity index is 1.56. The Kier molecular flexibility index (Phi) is 6.51. The average Bonchev–Trinajstić information content (AvgIpc) is 3.62. The maximum absolute atomic E-state index is 14.4. The molecule has 1 aliphatic heterocycles. The van der Waals surface area contributed by atoms with Crippen LogP contribution < -0.4 is 9.64 Å². The first-order chi connectivity index (χ1) is 19.7. The molecule has 0 fully saturated rings. The molecule has 0 bridgehead atoms. The van der Waals surface area contributed by atoms with Crippen molar-refractivity contribution in [1.82, 2.24) is 24.3 Å². The molecule has 6 rings (SSSR count). The van der Waals surface area contributed by atoms with Crippen molar-refractivity contribution >= 4 is 22.5 Å². The van der Waals surface area contributed by atoms with E-state index in [4.69, 9.17) is 4.74 Å². The predicted octanol–water partition coefficient (Wildman–Crippen LogP) is 5.92. The molecule has 0 saturated carbocycles. The molecule has 0 saturated heterocycles. The lowest BCUT2D eigenvalue weighted by atomic mass is 9.86.